The topological polar surface area (TPSA) is 43.8 Å². The monoisotopic (exact) mass is 273 g/mol. The molecule has 1 aromatic carbocycles. The molecule has 0 saturated carbocycles. The Hall–Kier alpha value is -1.89. The van der Waals surface area contributed by atoms with Crippen molar-refractivity contribution in [2.45, 2.75) is 19.1 Å². The summed E-state index contributed by atoms with van der Waals surface area (Å²) in [6.45, 7) is 1.55. The van der Waals surface area contributed by atoms with Crippen molar-refractivity contribution in [2.75, 3.05) is 0 Å². The van der Waals surface area contributed by atoms with E-state index < -0.39 is 23.7 Å². The lowest BCUT2D eigenvalue weighted by Crippen LogP contribution is -2.13. The van der Waals surface area contributed by atoms with Crippen LogP contribution in [0.3, 0.4) is 0 Å². The third kappa shape index (κ3) is 2.60. The van der Waals surface area contributed by atoms with Crippen LogP contribution >= 0.6 is 0 Å². The van der Waals surface area contributed by atoms with Crippen LogP contribution in [0, 0.1) is 5.82 Å². The molecule has 1 aromatic heterocycles. The summed E-state index contributed by atoms with van der Waals surface area (Å²) in [5.41, 5.74) is 4.93. The van der Waals surface area contributed by atoms with Gasteiger partial charge in [-0.1, -0.05) is 6.07 Å². The van der Waals surface area contributed by atoms with Gasteiger partial charge in [0, 0.05) is 17.8 Å². The SMILES string of the molecule is CC(N)c1c(F)cccc1-n1ccc(C(F)(F)F)n1. The summed E-state index contributed by atoms with van der Waals surface area (Å²) in [6.07, 6.45) is -3.41. The molecular weight excluding hydrogens is 262 g/mol. The van der Waals surface area contributed by atoms with Gasteiger partial charge in [0.05, 0.1) is 5.69 Å². The fraction of sp³-hybridized carbons (Fsp3) is 0.250. The molecule has 0 bridgehead atoms. The van der Waals surface area contributed by atoms with E-state index in [2.05, 4.69) is 5.10 Å². The van der Waals surface area contributed by atoms with Crippen LogP contribution < -0.4 is 5.73 Å². The van der Waals surface area contributed by atoms with E-state index in [1.807, 2.05) is 0 Å². The Bertz CT molecular complexity index is 587. The fourth-order valence-corrected chi connectivity index (χ4v) is 1.79. The molecule has 19 heavy (non-hydrogen) atoms. The predicted molar refractivity (Wildman–Crippen MR) is 61.1 cm³/mol. The zero-order chi connectivity index (χ0) is 14.2. The smallest absolute Gasteiger partial charge is 0.324 e. The Kier molecular flexibility index (Phi) is 3.32. The molecule has 2 rings (SSSR count). The number of nitrogens with zero attached hydrogens (tertiary/aromatic N) is 2. The second kappa shape index (κ2) is 4.65. The van der Waals surface area contributed by atoms with Crippen molar-refractivity contribution in [3.63, 3.8) is 0 Å². The minimum atomic E-state index is -4.53. The average Bonchev–Trinajstić information content (AvgIpc) is 2.76. The Morgan fingerprint density at radius 1 is 1.26 bits per heavy atom. The molecule has 0 fully saturated rings. The van der Waals surface area contributed by atoms with E-state index in [0.717, 1.165) is 16.9 Å². The lowest BCUT2D eigenvalue weighted by Gasteiger charge is -2.13. The van der Waals surface area contributed by atoms with Gasteiger partial charge in [-0.25, -0.2) is 9.07 Å². The number of benzene rings is 1. The summed E-state index contributed by atoms with van der Waals surface area (Å²) in [7, 11) is 0. The van der Waals surface area contributed by atoms with E-state index in [4.69, 9.17) is 5.73 Å². The van der Waals surface area contributed by atoms with Crippen molar-refractivity contribution in [1.82, 2.24) is 9.78 Å². The van der Waals surface area contributed by atoms with E-state index in [0.29, 0.717) is 0 Å². The molecule has 1 atom stereocenters. The molecule has 0 radical (unpaired) electrons. The first-order chi connectivity index (χ1) is 8.80. The fourth-order valence-electron chi connectivity index (χ4n) is 1.79. The van der Waals surface area contributed by atoms with Crippen LogP contribution in [0.5, 0.6) is 0 Å². The molecular formula is C12H11F4N3. The van der Waals surface area contributed by atoms with Crippen molar-refractivity contribution >= 4 is 0 Å². The number of nitrogens with two attached hydrogens (primary N) is 1. The quantitative estimate of drug-likeness (QED) is 0.855. The molecule has 0 aliphatic rings. The highest BCUT2D eigenvalue weighted by Crippen LogP contribution is 2.29. The molecule has 0 aliphatic heterocycles. The zero-order valence-corrected chi connectivity index (χ0v) is 9.95. The van der Waals surface area contributed by atoms with E-state index >= 15 is 0 Å². The Morgan fingerprint density at radius 2 is 1.95 bits per heavy atom. The second-order valence-corrected chi connectivity index (χ2v) is 4.10. The van der Waals surface area contributed by atoms with E-state index in [-0.39, 0.29) is 11.3 Å². The van der Waals surface area contributed by atoms with Crippen molar-refractivity contribution < 1.29 is 17.6 Å². The highest BCUT2D eigenvalue weighted by atomic mass is 19.4. The minimum absolute atomic E-state index is 0.124. The largest absolute Gasteiger partial charge is 0.435 e. The van der Waals surface area contributed by atoms with Gasteiger partial charge in [-0.15, -0.1) is 0 Å². The number of hydrogen-bond donors (Lipinski definition) is 1. The summed E-state index contributed by atoms with van der Waals surface area (Å²) < 4.78 is 52.1. The highest BCUT2D eigenvalue weighted by molar-refractivity contribution is 5.43. The van der Waals surface area contributed by atoms with Crippen molar-refractivity contribution in [3.8, 4) is 5.69 Å². The molecule has 2 aromatic rings. The number of alkyl halides is 3. The van der Waals surface area contributed by atoms with Gasteiger partial charge in [-0.05, 0) is 25.1 Å². The molecule has 0 aliphatic carbocycles. The summed E-state index contributed by atoms with van der Waals surface area (Å²) in [4.78, 5) is 0. The number of aromatic nitrogens is 2. The first-order valence-corrected chi connectivity index (χ1v) is 5.48. The van der Waals surface area contributed by atoms with Crippen LogP contribution in [-0.2, 0) is 6.18 Å². The van der Waals surface area contributed by atoms with Crippen molar-refractivity contribution in [3.05, 3.63) is 47.5 Å². The van der Waals surface area contributed by atoms with Crippen LogP contribution in [0.1, 0.15) is 24.2 Å². The molecule has 0 saturated heterocycles. The normalized spacial score (nSPS) is 13.6. The molecule has 0 amide bonds. The first-order valence-electron chi connectivity index (χ1n) is 5.48. The van der Waals surface area contributed by atoms with Crippen LogP contribution in [0.25, 0.3) is 5.69 Å². The average molecular weight is 273 g/mol. The molecule has 2 N–H and O–H groups in total. The zero-order valence-electron chi connectivity index (χ0n) is 9.95. The highest BCUT2D eigenvalue weighted by Gasteiger charge is 2.33. The van der Waals surface area contributed by atoms with Gasteiger partial charge in [0.1, 0.15) is 5.82 Å². The summed E-state index contributed by atoms with van der Waals surface area (Å²) in [5, 5.41) is 3.41. The van der Waals surface area contributed by atoms with Crippen molar-refractivity contribution in [2.24, 2.45) is 5.73 Å². The maximum Gasteiger partial charge on any atom is 0.435 e. The van der Waals surface area contributed by atoms with Gasteiger partial charge in [0.15, 0.2) is 5.69 Å². The Labute approximate surface area is 106 Å². The van der Waals surface area contributed by atoms with Gasteiger partial charge in [-0.2, -0.15) is 18.3 Å². The van der Waals surface area contributed by atoms with Gasteiger partial charge in [-0.3, -0.25) is 0 Å². The van der Waals surface area contributed by atoms with Crippen LogP contribution in [-0.4, -0.2) is 9.78 Å². The Morgan fingerprint density at radius 3 is 2.47 bits per heavy atom. The second-order valence-electron chi connectivity index (χ2n) is 4.10. The summed E-state index contributed by atoms with van der Waals surface area (Å²) in [5.74, 6) is -0.573. The molecule has 102 valence electrons. The van der Waals surface area contributed by atoms with Gasteiger partial charge < -0.3 is 5.73 Å². The van der Waals surface area contributed by atoms with Gasteiger partial charge in [0.25, 0.3) is 0 Å². The maximum atomic E-state index is 13.7. The molecule has 1 heterocycles. The van der Waals surface area contributed by atoms with E-state index in [1.165, 1.54) is 18.2 Å². The molecule has 7 heteroatoms. The third-order valence-electron chi connectivity index (χ3n) is 2.61. The number of halogens is 4. The summed E-state index contributed by atoms with van der Waals surface area (Å²) >= 11 is 0. The van der Waals surface area contributed by atoms with Gasteiger partial charge in [0.2, 0.25) is 0 Å². The maximum absolute atomic E-state index is 13.7. The number of rotatable bonds is 2. The lowest BCUT2D eigenvalue weighted by atomic mass is 10.1. The first kappa shape index (κ1) is 13.5. The Balaban J connectivity index is 2.54. The molecule has 0 spiro atoms. The minimum Gasteiger partial charge on any atom is -0.324 e. The molecule has 1 unspecified atom stereocenters. The predicted octanol–water partition coefficient (Wildman–Crippen LogP) is 3.05. The number of hydrogen-bond acceptors (Lipinski definition) is 2. The summed E-state index contributed by atoms with van der Waals surface area (Å²) in [6, 6.07) is 4.24. The third-order valence-corrected chi connectivity index (χ3v) is 2.61. The van der Waals surface area contributed by atoms with E-state index in [1.54, 1.807) is 6.92 Å². The lowest BCUT2D eigenvalue weighted by molar-refractivity contribution is -0.141. The van der Waals surface area contributed by atoms with E-state index in [9.17, 15) is 17.6 Å². The van der Waals surface area contributed by atoms with Crippen molar-refractivity contribution in [1.29, 1.82) is 0 Å². The van der Waals surface area contributed by atoms with Crippen LogP contribution in [0.15, 0.2) is 30.5 Å². The standard InChI is InChI=1S/C12H11F4N3/c1-7(17)11-8(13)3-2-4-9(11)19-6-5-10(18-19)12(14,15)16/h2-7H,17H2,1H3. The van der Waals surface area contributed by atoms with Crippen LogP contribution in [0.4, 0.5) is 17.6 Å². The van der Waals surface area contributed by atoms with Crippen LogP contribution in [0.2, 0.25) is 0 Å². The van der Waals surface area contributed by atoms with Gasteiger partial charge >= 0.3 is 6.18 Å². The molecule has 3 nitrogen and oxygen atoms in total.